The molecule has 0 fully saturated rings. The molecular weight excluding hydrogens is 308 g/mol. The molecule has 1 aromatic heterocycles. The van der Waals surface area contributed by atoms with Gasteiger partial charge in [0.25, 0.3) is 0 Å². The second-order valence-electron chi connectivity index (χ2n) is 4.92. The van der Waals surface area contributed by atoms with E-state index in [1.807, 2.05) is 31.4 Å². The van der Waals surface area contributed by atoms with Gasteiger partial charge < -0.3 is 10.2 Å². The van der Waals surface area contributed by atoms with Crippen LogP contribution in [0, 0.1) is 11.5 Å². The van der Waals surface area contributed by atoms with Gasteiger partial charge >= 0.3 is 0 Å². The molecule has 2 N–H and O–H groups in total. The summed E-state index contributed by atoms with van der Waals surface area (Å²) >= 11 is 1.67. The van der Waals surface area contributed by atoms with Gasteiger partial charge in [-0.3, -0.25) is 10.3 Å². The van der Waals surface area contributed by atoms with Crippen molar-refractivity contribution in [3.63, 3.8) is 0 Å². The first-order valence-electron chi connectivity index (χ1n) is 7.28. The van der Waals surface area contributed by atoms with Gasteiger partial charge in [0.2, 0.25) is 5.96 Å². The van der Waals surface area contributed by atoms with Gasteiger partial charge in [-0.2, -0.15) is 5.26 Å². The lowest BCUT2D eigenvalue weighted by atomic mass is 10.2. The van der Waals surface area contributed by atoms with E-state index in [0.29, 0.717) is 12.5 Å². The summed E-state index contributed by atoms with van der Waals surface area (Å²) in [7, 11) is 3.64. The van der Waals surface area contributed by atoms with E-state index >= 15 is 0 Å². The van der Waals surface area contributed by atoms with E-state index in [9.17, 15) is 0 Å². The molecule has 0 amide bonds. The van der Waals surface area contributed by atoms with Gasteiger partial charge in [-0.15, -0.1) is 11.3 Å². The zero-order chi connectivity index (χ0) is 16.5. The largest absolute Gasteiger partial charge is 0.357 e. The van der Waals surface area contributed by atoms with Crippen LogP contribution in [0.5, 0.6) is 0 Å². The number of guanidine groups is 1. The molecular formula is C16H20N6S. The van der Waals surface area contributed by atoms with Gasteiger partial charge in [-0.05, 0) is 5.56 Å². The molecule has 0 aliphatic rings. The average molecular weight is 328 g/mol. The highest BCUT2D eigenvalue weighted by Crippen LogP contribution is 2.19. The summed E-state index contributed by atoms with van der Waals surface area (Å²) in [6, 6.07) is 10.3. The third kappa shape index (κ3) is 5.27. The number of rotatable bonds is 6. The number of aliphatic imine (C=N–C) groups is 1. The minimum Gasteiger partial charge on any atom is -0.357 e. The van der Waals surface area contributed by atoms with Gasteiger partial charge in [0.1, 0.15) is 5.82 Å². The maximum absolute atomic E-state index is 8.58. The number of hydrogen-bond donors (Lipinski definition) is 2. The zero-order valence-electron chi connectivity index (χ0n) is 13.3. The predicted molar refractivity (Wildman–Crippen MR) is 94.7 cm³/mol. The normalized spacial score (nSPS) is 10.9. The molecule has 6 nitrogen and oxygen atoms in total. The molecule has 2 aromatic rings. The quantitative estimate of drug-likeness (QED) is 0.366. The molecule has 0 saturated heterocycles. The van der Waals surface area contributed by atoms with Gasteiger partial charge in [0.05, 0.1) is 5.01 Å². The number of nitrogens with zero attached hydrogens (tertiary/aromatic N) is 4. The van der Waals surface area contributed by atoms with Crippen LogP contribution >= 0.6 is 11.3 Å². The standard InChI is InChI=1S/C16H20N6S/c1-18-16(20-12-17)19-8-9-22(2)14-11-23-15(21-14)10-13-6-4-3-5-7-13/h3-7,11H,8-10H2,1-2H3,(H2,18,19,20). The van der Waals surface area contributed by atoms with Crippen molar-refractivity contribution in [1.82, 2.24) is 15.6 Å². The second kappa shape index (κ2) is 8.76. The first-order valence-corrected chi connectivity index (χ1v) is 8.16. The van der Waals surface area contributed by atoms with E-state index < -0.39 is 0 Å². The minimum absolute atomic E-state index is 0.476. The molecule has 0 spiro atoms. The molecule has 0 aliphatic heterocycles. The Morgan fingerprint density at radius 3 is 2.87 bits per heavy atom. The summed E-state index contributed by atoms with van der Waals surface area (Å²) in [5.41, 5.74) is 1.27. The Balaban J connectivity index is 1.84. The van der Waals surface area contributed by atoms with Crippen molar-refractivity contribution in [3.05, 3.63) is 46.3 Å². The van der Waals surface area contributed by atoms with Crippen LogP contribution in [0.25, 0.3) is 0 Å². The lowest BCUT2D eigenvalue weighted by Gasteiger charge is -2.17. The van der Waals surface area contributed by atoms with Crippen LogP contribution in [0.15, 0.2) is 40.7 Å². The average Bonchev–Trinajstić information content (AvgIpc) is 3.03. The molecule has 120 valence electrons. The summed E-state index contributed by atoms with van der Waals surface area (Å²) in [5, 5.41) is 17.3. The first-order chi connectivity index (χ1) is 11.2. The Kier molecular flexibility index (Phi) is 6.39. The fraction of sp³-hybridized carbons (Fsp3) is 0.312. The molecule has 0 saturated carbocycles. The smallest absolute Gasteiger partial charge is 0.204 e. The molecule has 23 heavy (non-hydrogen) atoms. The van der Waals surface area contributed by atoms with E-state index in [1.165, 1.54) is 5.56 Å². The van der Waals surface area contributed by atoms with Crippen molar-refractivity contribution in [2.75, 3.05) is 32.1 Å². The molecule has 0 radical (unpaired) electrons. The molecule has 0 bridgehead atoms. The lowest BCUT2D eigenvalue weighted by molar-refractivity contribution is 0.800. The molecule has 0 unspecified atom stereocenters. The van der Waals surface area contributed by atoms with Crippen LogP contribution in [-0.2, 0) is 6.42 Å². The summed E-state index contributed by atoms with van der Waals surface area (Å²) in [6.07, 6.45) is 2.70. The highest BCUT2D eigenvalue weighted by molar-refractivity contribution is 7.10. The maximum Gasteiger partial charge on any atom is 0.204 e. The van der Waals surface area contributed by atoms with Crippen LogP contribution in [0.4, 0.5) is 5.82 Å². The van der Waals surface area contributed by atoms with Crippen LogP contribution in [0.2, 0.25) is 0 Å². The number of thiazole rings is 1. The topological polar surface area (TPSA) is 76.3 Å². The minimum atomic E-state index is 0.476. The number of likely N-dealkylation sites (N-methyl/N-ethyl adjacent to an activating group) is 1. The van der Waals surface area contributed by atoms with Gasteiger partial charge in [-0.1, -0.05) is 30.3 Å². The van der Waals surface area contributed by atoms with Crippen molar-refractivity contribution in [3.8, 4) is 6.19 Å². The first kappa shape index (κ1) is 16.8. The maximum atomic E-state index is 8.58. The van der Waals surface area contributed by atoms with Gasteiger partial charge in [0.15, 0.2) is 6.19 Å². The number of anilines is 1. The van der Waals surface area contributed by atoms with Crippen molar-refractivity contribution < 1.29 is 0 Å². The van der Waals surface area contributed by atoms with Gasteiger partial charge in [0, 0.05) is 39.0 Å². The van der Waals surface area contributed by atoms with Crippen LogP contribution in [0.1, 0.15) is 10.6 Å². The Bertz CT molecular complexity index is 673. The molecule has 0 aliphatic carbocycles. The molecule has 0 atom stereocenters. The zero-order valence-corrected chi connectivity index (χ0v) is 14.1. The summed E-state index contributed by atoms with van der Waals surface area (Å²) in [6.45, 7) is 1.43. The van der Waals surface area contributed by atoms with Crippen molar-refractivity contribution in [2.45, 2.75) is 6.42 Å². The second-order valence-corrected chi connectivity index (χ2v) is 5.86. The number of benzene rings is 1. The van der Waals surface area contributed by atoms with Crippen LogP contribution in [0.3, 0.4) is 0 Å². The van der Waals surface area contributed by atoms with E-state index in [1.54, 1.807) is 18.4 Å². The highest BCUT2D eigenvalue weighted by Gasteiger charge is 2.07. The summed E-state index contributed by atoms with van der Waals surface area (Å²) in [4.78, 5) is 10.7. The summed E-state index contributed by atoms with van der Waals surface area (Å²) in [5.74, 6) is 1.44. The Hall–Kier alpha value is -2.59. The van der Waals surface area contributed by atoms with E-state index in [0.717, 1.165) is 23.8 Å². The number of aromatic nitrogens is 1. The Labute approximate surface area is 140 Å². The SMILES string of the molecule is CN=C(NC#N)NCCN(C)c1csc(Cc2ccccc2)n1. The number of hydrogen-bond acceptors (Lipinski definition) is 5. The molecule has 2 rings (SSSR count). The number of nitrogens with one attached hydrogen (secondary N) is 2. The van der Waals surface area contributed by atoms with Crippen molar-refractivity contribution >= 4 is 23.1 Å². The highest BCUT2D eigenvalue weighted by atomic mass is 32.1. The van der Waals surface area contributed by atoms with Crippen LogP contribution in [-0.4, -0.2) is 38.1 Å². The van der Waals surface area contributed by atoms with E-state index in [4.69, 9.17) is 5.26 Å². The fourth-order valence-corrected chi connectivity index (χ4v) is 2.89. The third-order valence-corrected chi connectivity index (χ3v) is 4.10. The molecule has 1 aromatic carbocycles. The monoisotopic (exact) mass is 328 g/mol. The van der Waals surface area contributed by atoms with Crippen molar-refractivity contribution in [1.29, 1.82) is 5.26 Å². The number of nitriles is 1. The Morgan fingerprint density at radius 1 is 1.39 bits per heavy atom. The molecule has 1 heterocycles. The van der Waals surface area contributed by atoms with E-state index in [-0.39, 0.29) is 0 Å². The van der Waals surface area contributed by atoms with E-state index in [2.05, 4.69) is 43.0 Å². The third-order valence-electron chi connectivity index (χ3n) is 3.27. The summed E-state index contributed by atoms with van der Waals surface area (Å²) < 4.78 is 0. The Morgan fingerprint density at radius 2 is 2.17 bits per heavy atom. The van der Waals surface area contributed by atoms with Gasteiger partial charge in [-0.25, -0.2) is 4.98 Å². The predicted octanol–water partition coefficient (Wildman–Crippen LogP) is 1.82. The van der Waals surface area contributed by atoms with Crippen molar-refractivity contribution in [2.24, 2.45) is 4.99 Å². The molecule has 7 heteroatoms. The lowest BCUT2D eigenvalue weighted by Crippen LogP contribution is -2.39. The van der Waals surface area contributed by atoms with Crippen LogP contribution < -0.4 is 15.5 Å². The fourth-order valence-electron chi connectivity index (χ4n) is 2.02.